The first kappa shape index (κ1) is 22.3. The van der Waals surface area contributed by atoms with Crippen molar-refractivity contribution in [2.24, 2.45) is 0 Å². The molecule has 0 saturated carbocycles. The molecule has 0 aliphatic carbocycles. The summed E-state index contributed by atoms with van der Waals surface area (Å²) in [5.74, 6) is -0.296. The second kappa shape index (κ2) is 9.71. The molecule has 0 amide bonds. The minimum atomic E-state index is -3.82. The van der Waals surface area contributed by atoms with Crippen molar-refractivity contribution in [3.63, 3.8) is 0 Å². The van der Waals surface area contributed by atoms with Crippen LogP contribution in [0.1, 0.15) is 5.56 Å². The largest absolute Gasteiger partial charge is 0.332 e. The van der Waals surface area contributed by atoms with Crippen molar-refractivity contribution in [3.8, 4) is 0 Å². The highest BCUT2D eigenvalue weighted by Crippen LogP contribution is 2.17. The third-order valence-electron chi connectivity index (χ3n) is 4.36. The second-order valence-corrected chi connectivity index (χ2v) is 8.93. The molecule has 2 aromatic heterocycles. The van der Waals surface area contributed by atoms with E-state index < -0.39 is 10.0 Å². The molecule has 0 unspecified atom stereocenters. The highest BCUT2D eigenvalue weighted by atomic mass is 32.2. The Morgan fingerprint density at radius 2 is 1.64 bits per heavy atom. The van der Waals surface area contributed by atoms with Crippen LogP contribution in [-0.2, 0) is 16.6 Å². The zero-order valence-corrected chi connectivity index (χ0v) is 18.6. The van der Waals surface area contributed by atoms with Gasteiger partial charge in [-0.25, -0.2) is 27.5 Å². The Morgan fingerprint density at radius 3 is 2.33 bits per heavy atom. The fraction of sp³-hybridized carbons (Fsp3) is 0.0476. The van der Waals surface area contributed by atoms with Crippen LogP contribution in [-0.4, -0.2) is 33.3 Å². The molecule has 4 aromatic rings. The number of anilines is 3. The number of aromatic nitrogens is 4. The number of thiocarbonyl (C=S) groups is 1. The molecule has 0 fully saturated rings. The average Bonchev–Trinajstić information content (AvgIpc) is 3.22. The van der Waals surface area contributed by atoms with E-state index in [1.165, 1.54) is 36.7 Å². The molecule has 9 nitrogen and oxygen atoms in total. The van der Waals surface area contributed by atoms with E-state index in [4.69, 9.17) is 12.2 Å². The first-order chi connectivity index (χ1) is 15.9. The third kappa shape index (κ3) is 6.08. The van der Waals surface area contributed by atoms with Crippen molar-refractivity contribution < 1.29 is 12.8 Å². The molecule has 0 atom stereocenters. The Hall–Kier alpha value is -3.90. The summed E-state index contributed by atoms with van der Waals surface area (Å²) in [6.45, 7) is 0.486. The molecule has 2 aromatic carbocycles. The number of hydrogen-bond acceptors (Lipinski definition) is 6. The maximum absolute atomic E-state index is 13.0. The van der Waals surface area contributed by atoms with E-state index in [9.17, 15) is 12.8 Å². The molecular formula is C21H18FN7O2S2. The molecule has 3 N–H and O–H groups in total. The highest BCUT2D eigenvalue weighted by molar-refractivity contribution is 7.92. The smallest absolute Gasteiger partial charge is 0.264 e. The Labute approximate surface area is 194 Å². The fourth-order valence-electron chi connectivity index (χ4n) is 2.83. The van der Waals surface area contributed by atoms with E-state index in [-0.39, 0.29) is 16.7 Å². The van der Waals surface area contributed by atoms with Gasteiger partial charge in [0.15, 0.2) is 5.11 Å². The lowest BCUT2D eigenvalue weighted by Crippen LogP contribution is -2.19. The summed E-state index contributed by atoms with van der Waals surface area (Å²) in [5.41, 5.74) is 2.18. The number of benzene rings is 2. The lowest BCUT2D eigenvalue weighted by molar-refractivity contribution is 0.601. The monoisotopic (exact) mass is 483 g/mol. The Bertz CT molecular complexity index is 1340. The van der Waals surface area contributed by atoms with E-state index in [1.807, 2.05) is 0 Å². The molecule has 0 bridgehead atoms. The van der Waals surface area contributed by atoms with Crippen LogP contribution in [0, 0.1) is 5.82 Å². The number of sulfonamides is 1. The van der Waals surface area contributed by atoms with Gasteiger partial charge in [-0.2, -0.15) is 5.10 Å². The third-order valence-corrected chi connectivity index (χ3v) is 5.91. The number of halogens is 1. The maximum atomic E-state index is 13.0. The predicted molar refractivity (Wildman–Crippen MR) is 127 cm³/mol. The van der Waals surface area contributed by atoms with Crippen molar-refractivity contribution in [3.05, 3.63) is 90.8 Å². The van der Waals surface area contributed by atoms with E-state index in [0.717, 1.165) is 5.56 Å². The van der Waals surface area contributed by atoms with Crippen LogP contribution in [0.5, 0.6) is 0 Å². The van der Waals surface area contributed by atoms with Gasteiger partial charge in [0.25, 0.3) is 10.0 Å². The van der Waals surface area contributed by atoms with Crippen molar-refractivity contribution in [2.75, 3.05) is 15.4 Å². The van der Waals surface area contributed by atoms with Gasteiger partial charge < -0.3 is 10.6 Å². The standard InChI is InChI=1S/C21H18FN7O2S2/c22-16-4-2-15(3-5-16)13-29-14-18(12-25-29)27-21(32)26-17-6-8-19(9-7-17)33(30,31)28-20-23-10-1-11-24-20/h1-12,14H,13H2,(H,23,24,28)(H2,26,27,32). The fourth-order valence-corrected chi connectivity index (χ4v) is 4.03. The molecule has 0 spiro atoms. The predicted octanol–water partition coefficient (Wildman–Crippen LogP) is 3.47. The number of nitrogens with one attached hydrogen (secondary N) is 3. The molecule has 33 heavy (non-hydrogen) atoms. The number of hydrogen-bond donors (Lipinski definition) is 3. The van der Waals surface area contributed by atoms with E-state index in [0.29, 0.717) is 23.0 Å². The van der Waals surface area contributed by atoms with Gasteiger partial charge in [-0.1, -0.05) is 12.1 Å². The van der Waals surface area contributed by atoms with Crippen LogP contribution >= 0.6 is 12.2 Å². The number of nitrogens with zero attached hydrogens (tertiary/aromatic N) is 4. The van der Waals surface area contributed by atoms with Crippen molar-refractivity contribution in [1.29, 1.82) is 0 Å². The summed E-state index contributed by atoms with van der Waals surface area (Å²) >= 11 is 5.32. The van der Waals surface area contributed by atoms with Crippen molar-refractivity contribution >= 4 is 44.7 Å². The Kier molecular flexibility index (Phi) is 6.56. The highest BCUT2D eigenvalue weighted by Gasteiger charge is 2.15. The van der Waals surface area contributed by atoms with Gasteiger partial charge in [-0.3, -0.25) is 4.68 Å². The maximum Gasteiger partial charge on any atom is 0.264 e. The first-order valence-corrected chi connectivity index (χ1v) is 11.5. The summed E-state index contributed by atoms with van der Waals surface area (Å²) < 4.78 is 41.9. The van der Waals surface area contributed by atoms with Crippen LogP contribution in [0.15, 0.2) is 84.3 Å². The van der Waals surface area contributed by atoms with Gasteiger partial charge in [-0.15, -0.1) is 0 Å². The molecule has 0 saturated heterocycles. The van der Waals surface area contributed by atoms with Gasteiger partial charge in [0.2, 0.25) is 5.95 Å². The molecule has 0 aliphatic rings. The van der Waals surface area contributed by atoms with Crippen LogP contribution in [0.2, 0.25) is 0 Å². The zero-order valence-electron chi connectivity index (χ0n) is 17.0. The van der Waals surface area contributed by atoms with Gasteiger partial charge in [0.05, 0.1) is 23.3 Å². The lowest BCUT2D eigenvalue weighted by atomic mass is 10.2. The summed E-state index contributed by atoms with van der Waals surface area (Å²) in [4.78, 5) is 7.76. The summed E-state index contributed by atoms with van der Waals surface area (Å²) in [6, 6.07) is 13.8. The van der Waals surface area contributed by atoms with Gasteiger partial charge in [0.1, 0.15) is 5.82 Å². The summed E-state index contributed by atoms with van der Waals surface area (Å²) in [5, 5.41) is 10.6. The van der Waals surface area contributed by atoms with E-state index >= 15 is 0 Å². The molecular weight excluding hydrogens is 465 g/mol. The molecule has 168 valence electrons. The van der Waals surface area contributed by atoms with Gasteiger partial charge in [-0.05, 0) is 60.2 Å². The first-order valence-electron chi connectivity index (χ1n) is 9.62. The normalized spacial score (nSPS) is 11.1. The minimum absolute atomic E-state index is 0.00921. The van der Waals surface area contributed by atoms with Crippen LogP contribution in [0.3, 0.4) is 0 Å². The molecule has 0 radical (unpaired) electrons. The zero-order chi connectivity index (χ0) is 23.3. The average molecular weight is 484 g/mol. The van der Waals surface area contributed by atoms with Crippen LogP contribution in [0.4, 0.5) is 21.7 Å². The molecule has 4 rings (SSSR count). The Morgan fingerprint density at radius 1 is 0.970 bits per heavy atom. The second-order valence-electron chi connectivity index (χ2n) is 6.83. The van der Waals surface area contributed by atoms with Crippen molar-refractivity contribution in [1.82, 2.24) is 19.7 Å². The summed E-state index contributed by atoms with van der Waals surface area (Å²) in [7, 11) is -3.82. The van der Waals surface area contributed by atoms with Crippen molar-refractivity contribution in [2.45, 2.75) is 11.4 Å². The van der Waals surface area contributed by atoms with Crippen LogP contribution < -0.4 is 15.4 Å². The molecule has 12 heteroatoms. The summed E-state index contributed by atoms with van der Waals surface area (Å²) in [6.07, 6.45) is 6.27. The lowest BCUT2D eigenvalue weighted by Gasteiger charge is -2.10. The van der Waals surface area contributed by atoms with Gasteiger partial charge >= 0.3 is 0 Å². The SMILES string of the molecule is O=S(=O)(Nc1ncccn1)c1ccc(NC(=S)Nc2cnn(Cc3ccc(F)cc3)c2)cc1. The minimum Gasteiger partial charge on any atom is -0.332 e. The topological polar surface area (TPSA) is 114 Å². The van der Waals surface area contributed by atoms with E-state index in [2.05, 4.69) is 30.4 Å². The quantitative estimate of drug-likeness (QED) is 0.343. The van der Waals surface area contributed by atoms with Crippen LogP contribution in [0.25, 0.3) is 0 Å². The van der Waals surface area contributed by atoms with E-state index in [1.54, 1.807) is 47.4 Å². The number of rotatable bonds is 7. The molecule has 0 aliphatic heterocycles. The molecule has 2 heterocycles. The van der Waals surface area contributed by atoms with Gasteiger partial charge in [0, 0.05) is 24.3 Å². The Balaban J connectivity index is 1.33.